The number of ether oxygens (including phenoxy) is 2. The molecule has 0 saturated heterocycles. The summed E-state index contributed by atoms with van der Waals surface area (Å²) < 4.78 is 45.7. The predicted molar refractivity (Wildman–Crippen MR) is 70.5 cm³/mol. The smallest absolute Gasteiger partial charge is 0.425 e. The molecular formula is C14H23F3O4. The molecule has 0 N–H and O–H groups in total. The van der Waals surface area contributed by atoms with Gasteiger partial charge in [-0.3, -0.25) is 9.59 Å². The van der Waals surface area contributed by atoms with Gasteiger partial charge < -0.3 is 9.47 Å². The van der Waals surface area contributed by atoms with Crippen molar-refractivity contribution in [2.24, 2.45) is 5.92 Å². The summed E-state index contributed by atoms with van der Waals surface area (Å²) in [5.41, 5.74) is 0. The standard InChI is InChI=1S/C14H23F3O4/c1-4-6-10(2)9-20-12(18)7-5-8-13(19)21-11(3)14(15,16)17/h10-11H,4-9H2,1-3H3. The fourth-order valence-electron chi connectivity index (χ4n) is 1.58. The van der Waals surface area contributed by atoms with Crippen molar-refractivity contribution in [1.29, 1.82) is 0 Å². The highest BCUT2D eigenvalue weighted by Crippen LogP contribution is 2.22. The molecule has 0 aliphatic carbocycles. The molecular weight excluding hydrogens is 289 g/mol. The molecule has 0 aromatic rings. The third kappa shape index (κ3) is 10.1. The van der Waals surface area contributed by atoms with Crippen molar-refractivity contribution in [2.75, 3.05) is 6.61 Å². The first-order valence-corrected chi connectivity index (χ1v) is 7.08. The van der Waals surface area contributed by atoms with Gasteiger partial charge in [0.15, 0.2) is 6.10 Å². The minimum absolute atomic E-state index is 0.00561. The summed E-state index contributed by atoms with van der Waals surface area (Å²) in [7, 11) is 0. The highest BCUT2D eigenvalue weighted by Gasteiger charge is 2.38. The molecule has 0 spiro atoms. The molecule has 0 fully saturated rings. The zero-order valence-corrected chi connectivity index (χ0v) is 12.7. The van der Waals surface area contributed by atoms with E-state index in [9.17, 15) is 22.8 Å². The van der Waals surface area contributed by atoms with Crippen LogP contribution in [0.5, 0.6) is 0 Å². The van der Waals surface area contributed by atoms with Gasteiger partial charge in [-0.1, -0.05) is 20.3 Å². The average Bonchev–Trinajstić information content (AvgIpc) is 2.35. The molecule has 7 heteroatoms. The SMILES string of the molecule is CCCC(C)COC(=O)CCCC(=O)OC(C)C(F)(F)F. The Morgan fingerprint density at radius 2 is 1.67 bits per heavy atom. The Morgan fingerprint density at radius 3 is 2.19 bits per heavy atom. The van der Waals surface area contributed by atoms with Gasteiger partial charge in [0.2, 0.25) is 0 Å². The molecule has 21 heavy (non-hydrogen) atoms. The second-order valence-corrected chi connectivity index (χ2v) is 5.10. The Labute approximate surface area is 123 Å². The second kappa shape index (κ2) is 9.63. The Balaban J connectivity index is 3.78. The first-order chi connectivity index (χ1) is 9.66. The predicted octanol–water partition coefficient (Wildman–Crippen LogP) is 3.63. The van der Waals surface area contributed by atoms with Crippen LogP contribution in [0, 0.1) is 5.92 Å². The van der Waals surface area contributed by atoms with Crippen molar-refractivity contribution >= 4 is 11.9 Å². The normalized spacial score (nSPS) is 14.4. The van der Waals surface area contributed by atoms with E-state index in [0.29, 0.717) is 6.61 Å². The molecule has 4 nitrogen and oxygen atoms in total. The summed E-state index contributed by atoms with van der Waals surface area (Å²) in [5.74, 6) is -1.14. The Morgan fingerprint density at radius 1 is 1.10 bits per heavy atom. The minimum Gasteiger partial charge on any atom is -0.465 e. The molecule has 0 rings (SSSR count). The number of hydrogen-bond acceptors (Lipinski definition) is 4. The minimum atomic E-state index is -4.57. The molecule has 0 aromatic heterocycles. The maximum atomic E-state index is 12.1. The number of rotatable bonds is 9. The van der Waals surface area contributed by atoms with Gasteiger partial charge in [0.05, 0.1) is 6.61 Å². The summed E-state index contributed by atoms with van der Waals surface area (Å²) in [4.78, 5) is 22.5. The van der Waals surface area contributed by atoms with Crippen LogP contribution in [0.15, 0.2) is 0 Å². The highest BCUT2D eigenvalue weighted by molar-refractivity contribution is 5.72. The van der Waals surface area contributed by atoms with Gasteiger partial charge in [-0.05, 0) is 25.7 Å². The molecule has 0 saturated carbocycles. The van der Waals surface area contributed by atoms with E-state index >= 15 is 0 Å². The molecule has 0 amide bonds. The zero-order chi connectivity index (χ0) is 16.5. The maximum Gasteiger partial charge on any atom is 0.425 e. The maximum absolute atomic E-state index is 12.1. The third-order valence-corrected chi connectivity index (χ3v) is 2.84. The molecule has 0 radical (unpaired) electrons. The van der Waals surface area contributed by atoms with Crippen LogP contribution >= 0.6 is 0 Å². The molecule has 0 aromatic carbocycles. The summed E-state index contributed by atoms with van der Waals surface area (Å²) in [6.45, 7) is 5.09. The van der Waals surface area contributed by atoms with Crippen molar-refractivity contribution in [3.05, 3.63) is 0 Å². The van der Waals surface area contributed by atoms with Gasteiger partial charge in [0.1, 0.15) is 0 Å². The average molecular weight is 312 g/mol. The van der Waals surface area contributed by atoms with Crippen molar-refractivity contribution in [2.45, 2.75) is 65.2 Å². The number of carbonyl (C=O) groups is 2. The van der Waals surface area contributed by atoms with E-state index in [0.717, 1.165) is 19.8 Å². The quantitative estimate of drug-likeness (QED) is 0.610. The number of halogens is 3. The van der Waals surface area contributed by atoms with E-state index in [2.05, 4.69) is 4.74 Å². The Hall–Kier alpha value is -1.27. The van der Waals surface area contributed by atoms with E-state index in [1.807, 2.05) is 13.8 Å². The fourth-order valence-corrected chi connectivity index (χ4v) is 1.58. The second-order valence-electron chi connectivity index (χ2n) is 5.10. The van der Waals surface area contributed by atoms with Gasteiger partial charge in [-0.2, -0.15) is 13.2 Å². The molecule has 2 atom stereocenters. The van der Waals surface area contributed by atoms with Crippen molar-refractivity contribution in [1.82, 2.24) is 0 Å². The lowest BCUT2D eigenvalue weighted by Crippen LogP contribution is -2.30. The number of esters is 2. The lowest BCUT2D eigenvalue weighted by molar-refractivity contribution is -0.216. The summed E-state index contributed by atoms with van der Waals surface area (Å²) in [6.07, 6.45) is -4.87. The van der Waals surface area contributed by atoms with Gasteiger partial charge in [0, 0.05) is 12.8 Å². The highest BCUT2D eigenvalue weighted by atomic mass is 19.4. The fraction of sp³-hybridized carbons (Fsp3) is 0.857. The number of hydrogen-bond donors (Lipinski definition) is 0. The van der Waals surface area contributed by atoms with Gasteiger partial charge in [0.25, 0.3) is 0 Å². The Kier molecular flexibility index (Phi) is 9.05. The van der Waals surface area contributed by atoms with Crippen molar-refractivity contribution in [3.8, 4) is 0 Å². The van der Waals surface area contributed by atoms with Crippen LogP contribution in [0.1, 0.15) is 52.9 Å². The van der Waals surface area contributed by atoms with E-state index in [-0.39, 0.29) is 25.2 Å². The van der Waals surface area contributed by atoms with Gasteiger partial charge in [-0.15, -0.1) is 0 Å². The van der Waals surface area contributed by atoms with E-state index in [4.69, 9.17) is 4.74 Å². The topological polar surface area (TPSA) is 52.6 Å². The number of carbonyl (C=O) groups excluding carboxylic acids is 2. The monoisotopic (exact) mass is 312 g/mol. The first kappa shape index (κ1) is 19.7. The largest absolute Gasteiger partial charge is 0.465 e. The van der Waals surface area contributed by atoms with Crippen LogP contribution in [0.25, 0.3) is 0 Å². The molecule has 0 heterocycles. The van der Waals surface area contributed by atoms with Crippen LogP contribution < -0.4 is 0 Å². The zero-order valence-electron chi connectivity index (χ0n) is 12.7. The summed E-state index contributed by atoms with van der Waals surface area (Å²) >= 11 is 0. The van der Waals surface area contributed by atoms with Crippen LogP contribution in [-0.4, -0.2) is 30.8 Å². The van der Waals surface area contributed by atoms with Gasteiger partial charge >= 0.3 is 18.1 Å². The lowest BCUT2D eigenvalue weighted by Gasteiger charge is -2.16. The summed E-state index contributed by atoms with van der Waals surface area (Å²) in [6, 6.07) is 0. The lowest BCUT2D eigenvalue weighted by atomic mass is 10.1. The molecule has 124 valence electrons. The van der Waals surface area contributed by atoms with E-state index in [1.165, 1.54) is 0 Å². The van der Waals surface area contributed by atoms with Gasteiger partial charge in [-0.25, -0.2) is 0 Å². The van der Waals surface area contributed by atoms with Crippen molar-refractivity contribution < 1.29 is 32.2 Å². The van der Waals surface area contributed by atoms with Crippen LogP contribution in [-0.2, 0) is 19.1 Å². The Bertz CT molecular complexity index is 329. The third-order valence-electron chi connectivity index (χ3n) is 2.84. The van der Waals surface area contributed by atoms with Crippen molar-refractivity contribution in [3.63, 3.8) is 0 Å². The molecule has 0 aliphatic rings. The molecule has 0 bridgehead atoms. The number of alkyl halides is 3. The first-order valence-electron chi connectivity index (χ1n) is 7.08. The van der Waals surface area contributed by atoms with Crippen LogP contribution in [0.4, 0.5) is 13.2 Å². The van der Waals surface area contributed by atoms with Crippen LogP contribution in [0.2, 0.25) is 0 Å². The van der Waals surface area contributed by atoms with E-state index < -0.39 is 24.2 Å². The molecule has 2 unspecified atom stereocenters. The van der Waals surface area contributed by atoms with Crippen LogP contribution in [0.3, 0.4) is 0 Å². The summed E-state index contributed by atoms with van der Waals surface area (Å²) in [5, 5.41) is 0. The van der Waals surface area contributed by atoms with E-state index in [1.54, 1.807) is 0 Å². The molecule has 0 aliphatic heterocycles.